The predicted molar refractivity (Wildman–Crippen MR) is 55.3 cm³/mol. The Labute approximate surface area is 93.4 Å². The standard InChI is InChI=1S/C11H13N3O2/c15-11(10-2-1-3-16-10)14-5-8-4-12-7-13-9(8)6-14/h4,7,10H,1-3,5-6H2. The van der Waals surface area contributed by atoms with Gasteiger partial charge in [-0.1, -0.05) is 0 Å². The van der Waals surface area contributed by atoms with E-state index in [1.807, 2.05) is 0 Å². The fourth-order valence-corrected chi connectivity index (χ4v) is 2.23. The molecule has 0 N–H and O–H groups in total. The number of fused-ring (bicyclic) bond motifs is 1. The van der Waals surface area contributed by atoms with E-state index in [9.17, 15) is 4.79 Å². The molecular weight excluding hydrogens is 206 g/mol. The number of rotatable bonds is 1. The molecule has 3 rings (SSSR count). The van der Waals surface area contributed by atoms with Gasteiger partial charge in [-0.3, -0.25) is 4.79 Å². The molecule has 0 radical (unpaired) electrons. The monoisotopic (exact) mass is 219 g/mol. The largest absolute Gasteiger partial charge is 0.368 e. The Morgan fingerprint density at radius 2 is 2.44 bits per heavy atom. The van der Waals surface area contributed by atoms with E-state index in [0.29, 0.717) is 19.7 Å². The third-order valence-electron chi connectivity index (χ3n) is 3.10. The van der Waals surface area contributed by atoms with E-state index in [1.165, 1.54) is 6.33 Å². The first kappa shape index (κ1) is 9.72. The summed E-state index contributed by atoms with van der Waals surface area (Å²) in [7, 11) is 0. The summed E-state index contributed by atoms with van der Waals surface area (Å²) in [6.45, 7) is 1.92. The van der Waals surface area contributed by atoms with Crippen molar-refractivity contribution < 1.29 is 9.53 Å². The molecule has 1 fully saturated rings. The summed E-state index contributed by atoms with van der Waals surface area (Å²) in [5.74, 6) is 0.0931. The van der Waals surface area contributed by atoms with Crippen molar-refractivity contribution in [3.05, 3.63) is 23.8 Å². The lowest BCUT2D eigenvalue weighted by Gasteiger charge is -2.18. The molecule has 1 amide bonds. The first-order valence-electron chi connectivity index (χ1n) is 5.53. The van der Waals surface area contributed by atoms with Crippen molar-refractivity contribution in [1.82, 2.24) is 14.9 Å². The minimum absolute atomic E-state index is 0.0931. The Hall–Kier alpha value is -1.49. The van der Waals surface area contributed by atoms with Crippen molar-refractivity contribution in [3.63, 3.8) is 0 Å². The van der Waals surface area contributed by atoms with Crippen LogP contribution in [0.4, 0.5) is 0 Å². The molecule has 1 unspecified atom stereocenters. The van der Waals surface area contributed by atoms with Gasteiger partial charge in [-0.05, 0) is 12.8 Å². The second kappa shape index (κ2) is 3.83. The highest BCUT2D eigenvalue weighted by Crippen LogP contribution is 2.23. The molecule has 0 spiro atoms. The molecule has 5 heteroatoms. The van der Waals surface area contributed by atoms with Crippen molar-refractivity contribution in [1.29, 1.82) is 0 Å². The smallest absolute Gasteiger partial charge is 0.252 e. The molecule has 1 saturated heterocycles. The highest BCUT2D eigenvalue weighted by atomic mass is 16.5. The van der Waals surface area contributed by atoms with Crippen LogP contribution in [-0.2, 0) is 22.6 Å². The molecule has 0 saturated carbocycles. The van der Waals surface area contributed by atoms with E-state index >= 15 is 0 Å². The second-order valence-electron chi connectivity index (χ2n) is 4.19. The third-order valence-corrected chi connectivity index (χ3v) is 3.10. The van der Waals surface area contributed by atoms with Crippen LogP contribution in [0.5, 0.6) is 0 Å². The maximum absolute atomic E-state index is 12.1. The van der Waals surface area contributed by atoms with Gasteiger partial charge in [0, 0.05) is 24.9 Å². The lowest BCUT2D eigenvalue weighted by atomic mass is 10.2. The molecule has 3 heterocycles. The highest BCUT2D eigenvalue weighted by Gasteiger charge is 2.32. The Bertz CT molecular complexity index is 390. The summed E-state index contributed by atoms with van der Waals surface area (Å²) in [4.78, 5) is 22.0. The van der Waals surface area contributed by atoms with Crippen LogP contribution in [0.15, 0.2) is 12.5 Å². The van der Waals surface area contributed by atoms with E-state index in [2.05, 4.69) is 9.97 Å². The number of nitrogens with zero attached hydrogens (tertiary/aromatic N) is 3. The molecule has 0 bridgehead atoms. The Morgan fingerprint density at radius 1 is 1.50 bits per heavy atom. The molecule has 0 aliphatic carbocycles. The minimum Gasteiger partial charge on any atom is -0.368 e. The van der Waals surface area contributed by atoms with Crippen LogP contribution < -0.4 is 0 Å². The van der Waals surface area contributed by atoms with Crippen molar-refractivity contribution in [3.8, 4) is 0 Å². The molecule has 5 nitrogen and oxygen atoms in total. The van der Waals surface area contributed by atoms with Crippen molar-refractivity contribution in [2.45, 2.75) is 32.0 Å². The van der Waals surface area contributed by atoms with Gasteiger partial charge in [0.25, 0.3) is 5.91 Å². The van der Waals surface area contributed by atoms with Gasteiger partial charge in [0.1, 0.15) is 12.4 Å². The Morgan fingerprint density at radius 3 is 3.19 bits per heavy atom. The van der Waals surface area contributed by atoms with Gasteiger partial charge in [-0.15, -0.1) is 0 Å². The van der Waals surface area contributed by atoms with E-state index in [1.54, 1.807) is 11.1 Å². The number of ether oxygens (including phenoxy) is 1. The number of carbonyl (C=O) groups excluding carboxylic acids is 1. The molecule has 1 aromatic heterocycles. The van der Waals surface area contributed by atoms with Gasteiger partial charge in [0.2, 0.25) is 0 Å². The summed E-state index contributed by atoms with van der Waals surface area (Å²) < 4.78 is 5.40. The molecular formula is C11H13N3O2. The summed E-state index contributed by atoms with van der Waals surface area (Å²) in [6, 6.07) is 0. The molecule has 1 aromatic rings. The summed E-state index contributed by atoms with van der Waals surface area (Å²) in [5, 5.41) is 0. The Kier molecular flexibility index (Phi) is 2.32. The maximum Gasteiger partial charge on any atom is 0.252 e. The van der Waals surface area contributed by atoms with Crippen LogP contribution in [-0.4, -0.2) is 33.5 Å². The lowest BCUT2D eigenvalue weighted by molar-refractivity contribution is -0.141. The van der Waals surface area contributed by atoms with Crippen LogP contribution in [0.2, 0.25) is 0 Å². The number of amides is 1. The van der Waals surface area contributed by atoms with Gasteiger partial charge < -0.3 is 9.64 Å². The maximum atomic E-state index is 12.1. The van der Waals surface area contributed by atoms with Crippen molar-refractivity contribution in [2.24, 2.45) is 0 Å². The zero-order valence-electron chi connectivity index (χ0n) is 8.93. The molecule has 84 valence electrons. The minimum atomic E-state index is -0.234. The van der Waals surface area contributed by atoms with E-state index in [0.717, 1.165) is 24.1 Å². The van der Waals surface area contributed by atoms with Gasteiger partial charge in [-0.25, -0.2) is 9.97 Å². The fourth-order valence-electron chi connectivity index (χ4n) is 2.23. The van der Waals surface area contributed by atoms with Crippen LogP contribution in [0.3, 0.4) is 0 Å². The topological polar surface area (TPSA) is 55.3 Å². The summed E-state index contributed by atoms with van der Waals surface area (Å²) in [6.07, 6.45) is 4.90. The average Bonchev–Trinajstić information content (AvgIpc) is 2.97. The van der Waals surface area contributed by atoms with E-state index in [4.69, 9.17) is 4.74 Å². The molecule has 1 atom stereocenters. The zero-order chi connectivity index (χ0) is 11.0. The summed E-state index contributed by atoms with van der Waals surface area (Å²) >= 11 is 0. The molecule has 0 aromatic carbocycles. The lowest BCUT2D eigenvalue weighted by Crippen LogP contribution is -2.35. The van der Waals surface area contributed by atoms with Crippen LogP contribution in [0, 0.1) is 0 Å². The number of hydrogen-bond donors (Lipinski definition) is 0. The van der Waals surface area contributed by atoms with E-state index in [-0.39, 0.29) is 12.0 Å². The predicted octanol–water partition coefficient (Wildman–Crippen LogP) is 0.498. The number of aromatic nitrogens is 2. The van der Waals surface area contributed by atoms with Crippen molar-refractivity contribution in [2.75, 3.05) is 6.61 Å². The molecule has 2 aliphatic rings. The van der Waals surface area contributed by atoms with Gasteiger partial charge >= 0.3 is 0 Å². The van der Waals surface area contributed by atoms with Gasteiger partial charge in [0.05, 0.1) is 12.2 Å². The Balaban J connectivity index is 1.73. The average molecular weight is 219 g/mol. The fraction of sp³-hybridized carbons (Fsp3) is 0.545. The second-order valence-corrected chi connectivity index (χ2v) is 4.19. The zero-order valence-corrected chi connectivity index (χ0v) is 8.93. The van der Waals surface area contributed by atoms with Gasteiger partial charge in [-0.2, -0.15) is 0 Å². The normalized spacial score (nSPS) is 23.5. The third kappa shape index (κ3) is 1.57. The quantitative estimate of drug-likeness (QED) is 0.690. The number of carbonyl (C=O) groups is 1. The van der Waals surface area contributed by atoms with E-state index < -0.39 is 0 Å². The number of hydrogen-bond acceptors (Lipinski definition) is 4. The van der Waals surface area contributed by atoms with Crippen LogP contribution in [0.25, 0.3) is 0 Å². The van der Waals surface area contributed by atoms with Gasteiger partial charge in [0.15, 0.2) is 0 Å². The SMILES string of the molecule is O=C(C1CCCO1)N1Cc2cncnc2C1. The first-order valence-corrected chi connectivity index (χ1v) is 5.53. The molecule has 2 aliphatic heterocycles. The van der Waals surface area contributed by atoms with Crippen molar-refractivity contribution >= 4 is 5.91 Å². The van der Waals surface area contributed by atoms with Crippen LogP contribution >= 0.6 is 0 Å². The highest BCUT2D eigenvalue weighted by molar-refractivity contribution is 5.81. The first-order chi connectivity index (χ1) is 7.84. The summed E-state index contributed by atoms with van der Waals surface area (Å²) in [5.41, 5.74) is 2.01. The molecule has 16 heavy (non-hydrogen) atoms. The van der Waals surface area contributed by atoms with Crippen LogP contribution in [0.1, 0.15) is 24.1 Å².